The highest BCUT2D eigenvalue weighted by Crippen LogP contribution is 2.22. The third-order valence-corrected chi connectivity index (χ3v) is 3.68. The second-order valence-electron chi connectivity index (χ2n) is 4.09. The standard InChI is InChI=1S/C14H18N2S/c1-2-7-16-13(14-6-4-9-17-14)10-12-5-3-8-15-11-12/h3-6,8-9,11,13,16H,2,7,10H2,1H3. The van der Waals surface area contributed by atoms with Crippen LogP contribution in [0.25, 0.3) is 0 Å². The summed E-state index contributed by atoms with van der Waals surface area (Å²) in [4.78, 5) is 5.58. The van der Waals surface area contributed by atoms with E-state index in [2.05, 4.69) is 40.8 Å². The fourth-order valence-corrected chi connectivity index (χ4v) is 2.64. The molecule has 0 saturated heterocycles. The van der Waals surface area contributed by atoms with Crippen LogP contribution in [0.15, 0.2) is 42.0 Å². The topological polar surface area (TPSA) is 24.9 Å². The molecule has 1 N–H and O–H groups in total. The van der Waals surface area contributed by atoms with Gasteiger partial charge in [-0.15, -0.1) is 11.3 Å². The van der Waals surface area contributed by atoms with Gasteiger partial charge in [-0.1, -0.05) is 19.1 Å². The summed E-state index contributed by atoms with van der Waals surface area (Å²) in [6.07, 6.45) is 5.95. The van der Waals surface area contributed by atoms with E-state index in [4.69, 9.17) is 0 Å². The molecule has 2 heterocycles. The lowest BCUT2D eigenvalue weighted by Crippen LogP contribution is -2.23. The zero-order valence-electron chi connectivity index (χ0n) is 10.1. The summed E-state index contributed by atoms with van der Waals surface area (Å²) >= 11 is 1.82. The number of aromatic nitrogens is 1. The van der Waals surface area contributed by atoms with E-state index in [0.29, 0.717) is 6.04 Å². The average Bonchev–Trinajstić information content (AvgIpc) is 2.89. The summed E-state index contributed by atoms with van der Waals surface area (Å²) in [6.45, 7) is 3.26. The van der Waals surface area contributed by atoms with E-state index in [1.165, 1.54) is 10.4 Å². The van der Waals surface area contributed by atoms with Crippen molar-refractivity contribution >= 4 is 11.3 Å². The van der Waals surface area contributed by atoms with Gasteiger partial charge in [-0.3, -0.25) is 4.98 Å². The Hall–Kier alpha value is -1.19. The molecule has 2 nitrogen and oxygen atoms in total. The molecule has 0 fully saturated rings. The number of nitrogens with zero attached hydrogens (tertiary/aromatic N) is 1. The van der Waals surface area contributed by atoms with Gasteiger partial charge in [0.25, 0.3) is 0 Å². The molecular formula is C14H18N2S. The van der Waals surface area contributed by atoms with E-state index >= 15 is 0 Å². The first kappa shape index (κ1) is 12.3. The van der Waals surface area contributed by atoms with E-state index < -0.39 is 0 Å². The molecule has 0 radical (unpaired) electrons. The van der Waals surface area contributed by atoms with Crippen molar-refractivity contribution in [2.24, 2.45) is 0 Å². The van der Waals surface area contributed by atoms with Crippen LogP contribution in [0.4, 0.5) is 0 Å². The van der Waals surface area contributed by atoms with Gasteiger partial charge in [-0.2, -0.15) is 0 Å². The molecule has 0 amide bonds. The Morgan fingerprint density at radius 1 is 1.35 bits per heavy atom. The Morgan fingerprint density at radius 3 is 2.94 bits per heavy atom. The van der Waals surface area contributed by atoms with Gasteiger partial charge in [0, 0.05) is 23.3 Å². The highest BCUT2D eigenvalue weighted by molar-refractivity contribution is 7.10. The van der Waals surface area contributed by atoms with E-state index in [9.17, 15) is 0 Å². The molecule has 0 aliphatic carbocycles. The SMILES string of the molecule is CCCNC(Cc1cccnc1)c1cccs1. The summed E-state index contributed by atoms with van der Waals surface area (Å²) in [5, 5.41) is 5.74. The molecule has 17 heavy (non-hydrogen) atoms. The highest BCUT2D eigenvalue weighted by Gasteiger charge is 2.12. The van der Waals surface area contributed by atoms with Crippen LogP contribution in [0.1, 0.15) is 29.8 Å². The van der Waals surface area contributed by atoms with Crippen molar-refractivity contribution in [3.8, 4) is 0 Å². The Kier molecular flexibility index (Phi) is 4.71. The highest BCUT2D eigenvalue weighted by atomic mass is 32.1. The number of pyridine rings is 1. The molecule has 0 spiro atoms. The number of thiophene rings is 1. The average molecular weight is 246 g/mol. The maximum Gasteiger partial charge on any atom is 0.0456 e. The lowest BCUT2D eigenvalue weighted by Gasteiger charge is -2.17. The Morgan fingerprint density at radius 2 is 2.29 bits per heavy atom. The molecule has 3 heteroatoms. The Labute approximate surface area is 107 Å². The van der Waals surface area contributed by atoms with Gasteiger partial charge in [0.15, 0.2) is 0 Å². The first-order chi connectivity index (χ1) is 8.40. The van der Waals surface area contributed by atoms with Crippen LogP contribution >= 0.6 is 11.3 Å². The minimum absolute atomic E-state index is 0.416. The van der Waals surface area contributed by atoms with Gasteiger partial charge in [-0.25, -0.2) is 0 Å². The lowest BCUT2D eigenvalue weighted by molar-refractivity contribution is 0.536. The zero-order chi connectivity index (χ0) is 11.9. The molecular weight excluding hydrogens is 228 g/mol. The van der Waals surface area contributed by atoms with Crippen molar-refractivity contribution in [2.45, 2.75) is 25.8 Å². The summed E-state index contributed by atoms with van der Waals surface area (Å²) in [5.74, 6) is 0. The molecule has 90 valence electrons. The van der Waals surface area contributed by atoms with E-state index in [1.807, 2.05) is 29.8 Å². The Balaban J connectivity index is 2.06. The third kappa shape index (κ3) is 3.65. The second-order valence-corrected chi connectivity index (χ2v) is 5.07. The Bertz CT molecular complexity index is 411. The van der Waals surface area contributed by atoms with Crippen LogP contribution < -0.4 is 5.32 Å². The van der Waals surface area contributed by atoms with Crippen molar-refractivity contribution in [2.75, 3.05) is 6.54 Å². The molecule has 2 aromatic heterocycles. The molecule has 0 aliphatic rings. The molecule has 0 aliphatic heterocycles. The van der Waals surface area contributed by atoms with Crippen molar-refractivity contribution < 1.29 is 0 Å². The monoisotopic (exact) mass is 246 g/mol. The first-order valence-corrected chi connectivity index (χ1v) is 6.94. The van der Waals surface area contributed by atoms with Gasteiger partial charge in [0.2, 0.25) is 0 Å². The predicted octanol–water partition coefficient (Wildman–Crippen LogP) is 3.43. The van der Waals surface area contributed by atoms with E-state index in [0.717, 1.165) is 19.4 Å². The number of hydrogen-bond acceptors (Lipinski definition) is 3. The molecule has 2 rings (SSSR count). The van der Waals surface area contributed by atoms with E-state index in [1.54, 1.807) is 0 Å². The minimum atomic E-state index is 0.416. The van der Waals surface area contributed by atoms with Gasteiger partial charge in [0.05, 0.1) is 0 Å². The molecule has 0 saturated carbocycles. The van der Waals surface area contributed by atoms with Crippen molar-refractivity contribution in [3.63, 3.8) is 0 Å². The maximum atomic E-state index is 4.17. The van der Waals surface area contributed by atoms with Crippen LogP contribution in [-0.2, 0) is 6.42 Å². The second kappa shape index (κ2) is 6.52. The van der Waals surface area contributed by atoms with Crippen LogP contribution in [-0.4, -0.2) is 11.5 Å². The van der Waals surface area contributed by atoms with Gasteiger partial charge >= 0.3 is 0 Å². The van der Waals surface area contributed by atoms with Crippen LogP contribution in [0.5, 0.6) is 0 Å². The molecule has 1 atom stereocenters. The smallest absolute Gasteiger partial charge is 0.0456 e. The molecule has 1 unspecified atom stereocenters. The van der Waals surface area contributed by atoms with Crippen molar-refractivity contribution in [3.05, 3.63) is 52.5 Å². The largest absolute Gasteiger partial charge is 0.309 e. The fraction of sp³-hybridized carbons (Fsp3) is 0.357. The minimum Gasteiger partial charge on any atom is -0.309 e. The molecule has 2 aromatic rings. The summed E-state index contributed by atoms with van der Waals surface area (Å²) in [6, 6.07) is 8.87. The van der Waals surface area contributed by atoms with Gasteiger partial charge < -0.3 is 5.32 Å². The fourth-order valence-electron chi connectivity index (χ4n) is 1.84. The summed E-state index contributed by atoms with van der Waals surface area (Å²) in [5.41, 5.74) is 1.29. The summed E-state index contributed by atoms with van der Waals surface area (Å²) < 4.78 is 0. The normalized spacial score (nSPS) is 12.5. The van der Waals surface area contributed by atoms with E-state index in [-0.39, 0.29) is 0 Å². The third-order valence-electron chi connectivity index (χ3n) is 2.69. The number of hydrogen-bond donors (Lipinski definition) is 1. The summed E-state index contributed by atoms with van der Waals surface area (Å²) in [7, 11) is 0. The zero-order valence-corrected chi connectivity index (χ0v) is 10.9. The maximum absolute atomic E-state index is 4.17. The predicted molar refractivity (Wildman–Crippen MR) is 73.3 cm³/mol. The van der Waals surface area contributed by atoms with Gasteiger partial charge in [0.1, 0.15) is 0 Å². The van der Waals surface area contributed by atoms with Gasteiger partial charge in [-0.05, 0) is 42.5 Å². The number of rotatable bonds is 6. The molecule has 0 aromatic carbocycles. The van der Waals surface area contributed by atoms with Crippen molar-refractivity contribution in [1.82, 2.24) is 10.3 Å². The van der Waals surface area contributed by atoms with Crippen molar-refractivity contribution in [1.29, 1.82) is 0 Å². The number of nitrogens with one attached hydrogen (secondary N) is 1. The van der Waals surface area contributed by atoms with Crippen LogP contribution in [0, 0.1) is 0 Å². The first-order valence-electron chi connectivity index (χ1n) is 6.06. The molecule has 0 bridgehead atoms. The lowest BCUT2D eigenvalue weighted by atomic mass is 10.1. The van der Waals surface area contributed by atoms with Crippen LogP contribution in [0.3, 0.4) is 0 Å². The van der Waals surface area contributed by atoms with Crippen LogP contribution in [0.2, 0.25) is 0 Å². The quantitative estimate of drug-likeness (QED) is 0.844.